The summed E-state index contributed by atoms with van der Waals surface area (Å²) in [5.41, 5.74) is 0.329. The van der Waals surface area contributed by atoms with Gasteiger partial charge in [-0.2, -0.15) is 0 Å². The van der Waals surface area contributed by atoms with Crippen LogP contribution in [-0.2, 0) is 0 Å². The minimum atomic E-state index is -0.123. The third-order valence-electron chi connectivity index (χ3n) is 4.15. The Morgan fingerprint density at radius 1 is 1.03 bits per heavy atom. The van der Waals surface area contributed by atoms with Gasteiger partial charge in [0.1, 0.15) is 17.2 Å². The van der Waals surface area contributed by atoms with E-state index >= 15 is 0 Å². The molecule has 7 heteroatoms. The Balaban J connectivity index is 0.00000420. The van der Waals surface area contributed by atoms with Crippen molar-refractivity contribution < 1.29 is 39.3 Å². The van der Waals surface area contributed by atoms with E-state index in [1.54, 1.807) is 18.2 Å². The molecule has 0 radical (unpaired) electrons. The van der Waals surface area contributed by atoms with Gasteiger partial charge in [-0.05, 0) is 45.7 Å². The molecule has 0 spiro atoms. The van der Waals surface area contributed by atoms with E-state index in [0.29, 0.717) is 35.3 Å². The predicted molar refractivity (Wildman–Crippen MR) is 119 cm³/mol. The van der Waals surface area contributed by atoms with E-state index in [1.165, 1.54) is 7.11 Å². The minimum Gasteiger partial charge on any atom is -1.00 e. The molecule has 2 aromatic rings. The molecule has 1 unspecified atom stereocenters. The zero-order valence-corrected chi connectivity index (χ0v) is 19.5. The predicted octanol–water partition coefficient (Wildman–Crippen LogP) is 2.97. The number of carbonyl (C=O) groups excluding carboxylic acids is 1. The molecule has 4 nitrogen and oxygen atoms in total. The summed E-state index contributed by atoms with van der Waals surface area (Å²) >= 11 is 6.26. The third-order valence-corrected chi connectivity index (χ3v) is 5.62. The first-order valence-electron chi connectivity index (χ1n) is 9.64. The van der Waals surface area contributed by atoms with E-state index in [-0.39, 0.29) is 34.4 Å². The maximum Gasteiger partial charge on any atom is 1.00 e. The molecule has 0 saturated heterocycles. The molecular weight excluding hydrogens is 402 g/mol. The van der Waals surface area contributed by atoms with Crippen molar-refractivity contribution in [1.82, 2.24) is 0 Å². The number of hydrogen-bond acceptors (Lipinski definition) is 4. The summed E-state index contributed by atoms with van der Waals surface area (Å²) in [5.74, 6) is 1.94. The van der Waals surface area contributed by atoms with Crippen molar-refractivity contribution in [2.45, 2.75) is 39.5 Å². The second kappa shape index (κ2) is 13.9. The summed E-state index contributed by atoms with van der Waals surface area (Å²) in [5, 5.41) is 1.23. The van der Waals surface area contributed by atoms with Gasteiger partial charge in [-0.3, -0.25) is 4.79 Å². The molecule has 0 aromatic heterocycles. The topological polar surface area (TPSA) is 44.8 Å². The maximum absolute atomic E-state index is 13.0. The van der Waals surface area contributed by atoms with E-state index in [9.17, 15) is 4.79 Å². The van der Waals surface area contributed by atoms with Crippen molar-refractivity contribution in [3.8, 4) is 17.2 Å². The number of rotatable bonds is 12. The monoisotopic (exact) mass is 430 g/mol. The Morgan fingerprint density at radius 3 is 2.38 bits per heavy atom. The standard InChI is InChI=1S/C22H28ClO4P.Li.H/c1-4-6-13-26-16-11-12-20(19(15-16)27-14-7-5-2)28-22(24)21-17(23)9-8-10-18(21)25-3;;/h8-12,15,28H,4-7,13-14H2,1-3H3;;/q;+1;-1. The molecule has 2 aromatic carbocycles. The van der Waals surface area contributed by atoms with Crippen molar-refractivity contribution in [3.05, 3.63) is 47.0 Å². The molecule has 0 aliphatic heterocycles. The molecule has 0 saturated carbocycles. The Bertz CT molecular complexity index is 792. The zero-order valence-electron chi connectivity index (χ0n) is 18.7. The van der Waals surface area contributed by atoms with Crippen molar-refractivity contribution in [3.63, 3.8) is 0 Å². The third kappa shape index (κ3) is 7.87. The van der Waals surface area contributed by atoms with Crippen molar-refractivity contribution in [2.24, 2.45) is 0 Å². The van der Waals surface area contributed by atoms with Crippen LogP contribution in [0.2, 0.25) is 5.02 Å². The Labute approximate surface area is 194 Å². The van der Waals surface area contributed by atoms with Crippen molar-refractivity contribution >= 4 is 31.0 Å². The average Bonchev–Trinajstić information content (AvgIpc) is 2.69. The van der Waals surface area contributed by atoms with Gasteiger partial charge < -0.3 is 15.6 Å². The van der Waals surface area contributed by atoms with E-state index in [0.717, 1.165) is 36.7 Å². The van der Waals surface area contributed by atoms with E-state index < -0.39 is 0 Å². The largest absolute Gasteiger partial charge is 1.00 e. The minimum absolute atomic E-state index is 0. The number of halogens is 1. The van der Waals surface area contributed by atoms with Gasteiger partial charge in [-0.25, -0.2) is 0 Å². The van der Waals surface area contributed by atoms with Gasteiger partial charge in [-0.15, -0.1) is 0 Å². The summed E-state index contributed by atoms with van der Waals surface area (Å²) in [6, 6.07) is 10.9. The van der Waals surface area contributed by atoms with Crippen LogP contribution in [0.3, 0.4) is 0 Å². The summed E-state index contributed by atoms with van der Waals surface area (Å²) < 4.78 is 17.1. The number of hydrogen-bond donors (Lipinski definition) is 0. The number of ether oxygens (including phenoxy) is 3. The number of methoxy groups -OCH3 is 1. The van der Waals surface area contributed by atoms with Gasteiger partial charge in [0, 0.05) is 11.4 Å². The first-order chi connectivity index (χ1) is 13.6. The van der Waals surface area contributed by atoms with Gasteiger partial charge in [0.15, 0.2) is 5.52 Å². The van der Waals surface area contributed by atoms with Crippen LogP contribution in [0.5, 0.6) is 17.2 Å². The van der Waals surface area contributed by atoms with Crippen LogP contribution in [0.25, 0.3) is 0 Å². The van der Waals surface area contributed by atoms with Gasteiger partial charge in [0.25, 0.3) is 0 Å². The van der Waals surface area contributed by atoms with Gasteiger partial charge in [0.05, 0.1) is 30.9 Å². The molecule has 0 heterocycles. The van der Waals surface area contributed by atoms with Crippen LogP contribution >= 0.6 is 20.2 Å². The van der Waals surface area contributed by atoms with Crippen LogP contribution in [0.15, 0.2) is 36.4 Å². The van der Waals surface area contributed by atoms with Crippen molar-refractivity contribution in [2.75, 3.05) is 20.3 Å². The average molecular weight is 431 g/mol. The van der Waals surface area contributed by atoms with Crippen LogP contribution in [0.4, 0.5) is 0 Å². The molecule has 1 atom stereocenters. The molecule has 0 N–H and O–H groups in total. The molecule has 0 bridgehead atoms. The number of benzene rings is 2. The zero-order chi connectivity index (χ0) is 20.4. The molecule has 0 amide bonds. The number of unbranched alkanes of at least 4 members (excludes halogenated alkanes) is 2. The summed E-state index contributed by atoms with van der Waals surface area (Å²) in [6.07, 6.45) is 4.07. The molecule has 154 valence electrons. The molecule has 0 aliphatic carbocycles. The Kier molecular flexibility index (Phi) is 12.4. The first kappa shape index (κ1) is 25.9. The van der Waals surface area contributed by atoms with E-state index in [4.69, 9.17) is 25.8 Å². The van der Waals surface area contributed by atoms with Crippen LogP contribution in [0, 0.1) is 0 Å². The molecule has 2 rings (SSSR count). The van der Waals surface area contributed by atoms with E-state index in [2.05, 4.69) is 13.8 Å². The molecule has 0 aliphatic rings. The maximum atomic E-state index is 13.0. The molecule has 29 heavy (non-hydrogen) atoms. The molecular formula is C22H29ClLiO4P. The van der Waals surface area contributed by atoms with Gasteiger partial charge in [0.2, 0.25) is 0 Å². The summed E-state index contributed by atoms with van der Waals surface area (Å²) in [4.78, 5) is 13.0. The normalized spacial score (nSPS) is 10.6. The second-order valence-corrected chi connectivity index (χ2v) is 7.98. The van der Waals surface area contributed by atoms with Gasteiger partial charge in [-0.1, -0.05) is 44.4 Å². The summed E-state index contributed by atoms with van der Waals surface area (Å²) in [6.45, 7) is 5.52. The number of carbonyl (C=O) groups is 1. The van der Waals surface area contributed by atoms with Crippen molar-refractivity contribution in [1.29, 1.82) is 0 Å². The second-order valence-electron chi connectivity index (χ2n) is 6.33. The first-order valence-corrected chi connectivity index (χ1v) is 11.0. The van der Waals surface area contributed by atoms with Crippen LogP contribution in [0.1, 0.15) is 51.3 Å². The fraction of sp³-hybridized carbons (Fsp3) is 0.409. The fourth-order valence-electron chi connectivity index (χ4n) is 2.56. The van der Waals surface area contributed by atoms with Crippen LogP contribution in [-0.4, -0.2) is 25.8 Å². The Morgan fingerprint density at radius 2 is 1.72 bits per heavy atom. The SMILES string of the molecule is CCCCOc1ccc(PC(=O)c2c(Cl)cccc2OC)c(OCCCC)c1.[H-].[Li+]. The van der Waals surface area contributed by atoms with Gasteiger partial charge >= 0.3 is 18.9 Å². The van der Waals surface area contributed by atoms with Crippen LogP contribution < -0.4 is 38.4 Å². The summed E-state index contributed by atoms with van der Waals surface area (Å²) in [7, 11) is 1.41. The molecule has 0 fully saturated rings. The quantitative estimate of drug-likeness (QED) is 0.295. The Hall–Kier alpha value is -1.17. The fourth-order valence-corrected chi connectivity index (χ4v) is 3.95. The smallest absolute Gasteiger partial charge is 1.00 e. The van der Waals surface area contributed by atoms with E-state index in [1.807, 2.05) is 18.2 Å².